The third-order valence-electron chi connectivity index (χ3n) is 5.84. The Labute approximate surface area is 170 Å². The number of nitrogens with one attached hydrogen (secondary N) is 1. The predicted octanol–water partition coefficient (Wildman–Crippen LogP) is 5.04. The van der Waals surface area contributed by atoms with Crippen LogP contribution in [0.5, 0.6) is 0 Å². The first-order chi connectivity index (χ1) is 13.7. The highest BCUT2D eigenvalue weighted by Gasteiger charge is 2.30. The number of halogens is 1. The van der Waals surface area contributed by atoms with Crippen molar-refractivity contribution in [2.75, 3.05) is 29.9 Å². The number of thioether (sulfide) groups is 1. The lowest BCUT2D eigenvalue weighted by atomic mass is 9.94. The Balaban J connectivity index is 1.40. The zero-order valence-electron chi connectivity index (χ0n) is 16.1. The van der Waals surface area contributed by atoms with Crippen LogP contribution in [0.1, 0.15) is 25.7 Å². The van der Waals surface area contributed by atoms with Crippen molar-refractivity contribution in [3.63, 3.8) is 0 Å². The molecular formula is C23H27FN2OS. The summed E-state index contributed by atoms with van der Waals surface area (Å²) < 4.78 is 13.2. The Morgan fingerprint density at radius 2 is 1.82 bits per heavy atom. The zero-order chi connectivity index (χ0) is 19.3. The average Bonchev–Trinajstić information content (AvgIpc) is 2.75. The highest BCUT2D eigenvalue weighted by molar-refractivity contribution is 7.99. The van der Waals surface area contributed by atoms with Crippen LogP contribution in [-0.4, -0.2) is 41.4 Å². The monoisotopic (exact) mass is 398 g/mol. The highest BCUT2D eigenvalue weighted by atomic mass is 32.2. The van der Waals surface area contributed by atoms with Gasteiger partial charge in [0.2, 0.25) is 5.91 Å². The highest BCUT2D eigenvalue weighted by Crippen LogP contribution is 2.28. The number of piperidine rings is 1. The molecule has 2 aliphatic rings. The van der Waals surface area contributed by atoms with E-state index in [0.717, 1.165) is 42.7 Å². The summed E-state index contributed by atoms with van der Waals surface area (Å²) >= 11 is 2.05. The van der Waals surface area contributed by atoms with Crippen molar-refractivity contribution in [2.45, 2.75) is 31.7 Å². The van der Waals surface area contributed by atoms with Crippen molar-refractivity contribution in [1.82, 2.24) is 4.90 Å². The van der Waals surface area contributed by atoms with Gasteiger partial charge in [0.05, 0.1) is 5.92 Å². The molecule has 0 aromatic heterocycles. The molecule has 4 rings (SSSR count). The van der Waals surface area contributed by atoms with E-state index in [9.17, 15) is 9.18 Å². The number of amides is 1. The van der Waals surface area contributed by atoms with Gasteiger partial charge in [-0.1, -0.05) is 24.3 Å². The molecule has 0 aliphatic carbocycles. The summed E-state index contributed by atoms with van der Waals surface area (Å²) in [6.07, 6.45) is 4.55. The van der Waals surface area contributed by atoms with Gasteiger partial charge in [-0.3, -0.25) is 9.69 Å². The SMILES string of the molecule is O=C(Nc1cccc(-c2ccc(F)cc2)c1)[C@H]1CCCN(C2CCSCC2)C1. The summed E-state index contributed by atoms with van der Waals surface area (Å²) in [5, 5.41) is 3.11. The van der Waals surface area contributed by atoms with E-state index in [1.165, 1.54) is 36.5 Å². The molecule has 1 atom stereocenters. The van der Waals surface area contributed by atoms with Crippen LogP contribution < -0.4 is 5.32 Å². The van der Waals surface area contributed by atoms with Gasteiger partial charge in [-0.05, 0) is 79.1 Å². The molecule has 1 amide bonds. The van der Waals surface area contributed by atoms with Crippen molar-refractivity contribution in [2.24, 2.45) is 5.92 Å². The molecular weight excluding hydrogens is 371 g/mol. The Hall–Kier alpha value is -1.85. The first-order valence-corrected chi connectivity index (χ1v) is 11.3. The maximum absolute atomic E-state index is 13.2. The third-order valence-corrected chi connectivity index (χ3v) is 6.89. The maximum Gasteiger partial charge on any atom is 0.228 e. The molecule has 2 saturated heterocycles. The van der Waals surface area contributed by atoms with E-state index in [1.54, 1.807) is 12.1 Å². The number of carbonyl (C=O) groups is 1. The molecule has 0 saturated carbocycles. The standard InChI is InChI=1S/C23H27FN2OS/c24-20-8-6-17(7-9-20)18-3-1-5-21(15-18)25-23(27)19-4-2-12-26(16-19)22-10-13-28-14-11-22/h1,3,5-9,15,19,22H,2,4,10-14,16H2,(H,25,27)/t19-/m0/s1. The summed E-state index contributed by atoms with van der Waals surface area (Å²) in [5.41, 5.74) is 2.72. The van der Waals surface area contributed by atoms with Crippen LogP contribution in [0.4, 0.5) is 10.1 Å². The van der Waals surface area contributed by atoms with Gasteiger partial charge in [0.25, 0.3) is 0 Å². The fraction of sp³-hybridized carbons (Fsp3) is 0.435. The number of carbonyl (C=O) groups excluding carboxylic acids is 1. The average molecular weight is 399 g/mol. The molecule has 1 N–H and O–H groups in total. The maximum atomic E-state index is 13.2. The zero-order valence-corrected chi connectivity index (χ0v) is 16.9. The van der Waals surface area contributed by atoms with Crippen LogP contribution in [0, 0.1) is 11.7 Å². The Morgan fingerprint density at radius 1 is 1.04 bits per heavy atom. The molecule has 5 heteroatoms. The second-order valence-electron chi connectivity index (χ2n) is 7.75. The van der Waals surface area contributed by atoms with E-state index in [4.69, 9.17) is 0 Å². The fourth-order valence-corrected chi connectivity index (χ4v) is 5.35. The number of nitrogens with zero attached hydrogens (tertiary/aromatic N) is 1. The van der Waals surface area contributed by atoms with E-state index in [0.29, 0.717) is 6.04 Å². The number of benzene rings is 2. The van der Waals surface area contributed by atoms with E-state index in [-0.39, 0.29) is 17.6 Å². The van der Waals surface area contributed by atoms with E-state index < -0.39 is 0 Å². The molecule has 0 radical (unpaired) electrons. The van der Waals surface area contributed by atoms with Gasteiger partial charge in [0, 0.05) is 18.3 Å². The topological polar surface area (TPSA) is 32.3 Å². The molecule has 28 heavy (non-hydrogen) atoms. The summed E-state index contributed by atoms with van der Waals surface area (Å²) in [5.74, 6) is 2.41. The van der Waals surface area contributed by atoms with Crippen molar-refractivity contribution >= 4 is 23.4 Å². The van der Waals surface area contributed by atoms with Crippen LogP contribution in [-0.2, 0) is 4.79 Å². The smallest absolute Gasteiger partial charge is 0.228 e. The first kappa shape index (κ1) is 19.5. The molecule has 2 aliphatic heterocycles. The molecule has 2 aromatic rings. The lowest BCUT2D eigenvalue weighted by molar-refractivity contribution is -0.121. The van der Waals surface area contributed by atoms with Crippen molar-refractivity contribution in [3.05, 3.63) is 54.3 Å². The van der Waals surface area contributed by atoms with Crippen LogP contribution in [0.15, 0.2) is 48.5 Å². The van der Waals surface area contributed by atoms with Gasteiger partial charge in [0.15, 0.2) is 0 Å². The van der Waals surface area contributed by atoms with Gasteiger partial charge in [-0.25, -0.2) is 4.39 Å². The Kier molecular flexibility index (Phi) is 6.33. The number of hydrogen-bond acceptors (Lipinski definition) is 3. The van der Waals surface area contributed by atoms with Gasteiger partial charge >= 0.3 is 0 Å². The van der Waals surface area contributed by atoms with Crippen LogP contribution in [0.25, 0.3) is 11.1 Å². The van der Waals surface area contributed by atoms with E-state index in [1.807, 2.05) is 36.0 Å². The number of rotatable bonds is 4. The van der Waals surface area contributed by atoms with Gasteiger partial charge in [0.1, 0.15) is 5.82 Å². The molecule has 0 bridgehead atoms. The van der Waals surface area contributed by atoms with Crippen molar-refractivity contribution in [3.8, 4) is 11.1 Å². The first-order valence-electron chi connectivity index (χ1n) is 10.2. The predicted molar refractivity (Wildman–Crippen MR) is 115 cm³/mol. The molecule has 2 heterocycles. The number of likely N-dealkylation sites (tertiary alicyclic amines) is 1. The molecule has 2 fully saturated rings. The minimum Gasteiger partial charge on any atom is -0.326 e. The van der Waals surface area contributed by atoms with Crippen molar-refractivity contribution in [1.29, 1.82) is 0 Å². The number of anilines is 1. The largest absolute Gasteiger partial charge is 0.326 e. The lowest BCUT2D eigenvalue weighted by Gasteiger charge is -2.39. The van der Waals surface area contributed by atoms with E-state index in [2.05, 4.69) is 10.2 Å². The lowest BCUT2D eigenvalue weighted by Crippen LogP contribution is -2.47. The minimum atomic E-state index is -0.244. The van der Waals surface area contributed by atoms with Crippen LogP contribution >= 0.6 is 11.8 Å². The molecule has 2 aromatic carbocycles. The summed E-state index contributed by atoms with van der Waals surface area (Å²) in [7, 11) is 0. The fourth-order valence-electron chi connectivity index (χ4n) is 4.27. The van der Waals surface area contributed by atoms with Gasteiger partial charge < -0.3 is 5.32 Å². The minimum absolute atomic E-state index is 0.0535. The normalized spacial score (nSPS) is 21.4. The quantitative estimate of drug-likeness (QED) is 0.783. The third kappa shape index (κ3) is 4.76. The van der Waals surface area contributed by atoms with Crippen molar-refractivity contribution < 1.29 is 9.18 Å². The summed E-state index contributed by atoms with van der Waals surface area (Å²) in [4.78, 5) is 15.4. The molecule has 148 valence electrons. The van der Waals surface area contributed by atoms with Crippen LogP contribution in [0.3, 0.4) is 0 Å². The van der Waals surface area contributed by atoms with Crippen LogP contribution in [0.2, 0.25) is 0 Å². The molecule has 0 unspecified atom stereocenters. The Morgan fingerprint density at radius 3 is 2.61 bits per heavy atom. The Bertz CT molecular complexity index is 805. The second kappa shape index (κ2) is 9.10. The molecule has 0 spiro atoms. The number of hydrogen-bond donors (Lipinski definition) is 1. The summed E-state index contributed by atoms with van der Waals surface area (Å²) in [6, 6.07) is 14.9. The van der Waals surface area contributed by atoms with Gasteiger partial charge in [-0.15, -0.1) is 0 Å². The molecule has 3 nitrogen and oxygen atoms in total. The van der Waals surface area contributed by atoms with Gasteiger partial charge in [-0.2, -0.15) is 11.8 Å². The summed E-state index contributed by atoms with van der Waals surface area (Å²) in [6.45, 7) is 2.00. The van der Waals surface area contributed by atoms with E-state index >= 15 is 0 Å². The second-order valence-corrected chi connectivity index (χ2v) is 8.98.